The molecule has 0 spiro atoms. The van der Waals surface area contributed by atoms with Crippen LogP contribution in [0.4, 0.5) is 5.00 Å². The van der Waals surface area contributed by atoms with Gasteiger partial charge in [0.2, 0.25) is 5.91 Å². The van der Waals surface area contributed by atoms with Crippen LogP contribution in [0, 0.1) is 24.2 Å². The van der Waals surface area contributed by atoms with E-state index in [0.717, 1.165) is 18.4 Å². The third-order valence-corrected chi connectivity index (χ3v) is 5.85. The maximum absolute atomic E-state index is 12.9. The highest BCUT2D eigenvalue weighted by Crippen LogP contribution is 2.34. The number of rotatable bonds is 7. The van der Waals surface area contributed by atoms with Crippen molar-refractivity contribution >= 4 is 28.2 Å². The molecule has 0 aliphatic carbocycles. The van der Waals surface area contributed by atoms with Crippen LogP contribution in [0.25, 0.3) is 0 Å². The van der Waals surface area contributed by atoms with Crippen molar-refractivity contribution in [2.45, 2.75) is 40.2 Å². The summed E-state index contributed by atoms with van der Waals surface area (Å²) >= 11 is 1.18. The normalized spacial score (nSPS) is 10.5. The number of carbonyl (C=O) groups is 2. The fourth-order valence-electron chi connectivity index (χ4n) is 2.92. The van der Waals surface area contributed by atoms with Crippen molar-refractivity contribution in [2.75, 3.05) is 12.4 Å². The maximum Gasteiger partial charge on any atom is 0.264 e. The van der Waals surface area contributed by atoms with Gasteiger partial charge < -0.3 is 10.2 Å². The smallest absolute Gasteiger partial charge is 0.264 e. The first-order chi connectivity index (χ1) is 12.9. The molecule has 0 radical (unpaired) electrons. The minimum atomic E-state index is -0.152. The van der Waals surface area contributed by atoms with E-state index in [-0.39, 0.29) is 17.7 Å². The van der Waals surface area contributed by atoms with E-state index in [1.54, 1.807) is 18.9 Å². The maximum atomic E-state index is 12.9. The first kappa shape index (κ1) is 20.7. The van der Waals surface area contributed by atoms with Gasteiger partial charge in [-0.2, -0.15) is 5.26 Å². The summed E-state index contributed by atoms with van der Waals surface area (Å²) in [7, 11) is 1.74. The molecule has 0 fully saturated rings. The Morgan fingerprint density at radius 1 is 1.22 bits per heavy atom. The number of anilines is 1. The van der Waals surface area contributed by atoms with Crippen molar-refractivity contribution in [3.8, 4) is 6.07 Å². The minimum absolute atomic E-state index is 0.0983. The topological polar surface area (TPSA) is 73.2 Å². The molecule has 0 unspecified atom stereocenters. The van der Waals surface area contributed by atoms with Gasteiger partial charge in [0.15, 0.2) is 0 Å². The summed E-state index contributed by atoms with van der Waals surface area (Å²) in [6.45, 7) is 6.16. The van der Waals surface area contributed by atoms with Crippen molar-refractivity contribution < 1.29 is 9.59 Å². The third kappa shape index (κ3) is 4.75. The molecule has 1 aromatic carbocycles. The predicted molar refractivity (Wildman–Crippen MR) is 109 cm³/mol. The van der Waals surface area contributed by atoms with Gasteiger partial charge in [-0.1, -0.05) is 44.2 Å². The monoisotopic (exact) mass is 383 g/mol. The van der Waals surface area contributed by atoms with Crippen LogP contribution in [0.3, 0.4) is 0 Å². The molecule has 142 valence electrons. The molecule has 5 nitrogen and oxygen atoms in total. The quantitative estimate of drug-likeness (QED) is 0.761. The highest BCUT2D eigenvalue weighted by molar-refractivity contribution is 7.18. The molecule has 0 bridgehead atoms. The second kappa shape index (κ2) is 9.33. The lowest BCUT2D eigenvalue weighted by Crippen LogP contribution is -2.26. The molecular formula is C21H25N3O2S. The van der Waals surface area contributed by atoms with E-state index in [0.29, 0.717) is 27.5 Å². The van der Waals surface area contributed by atoms with Gasteiger partial charge in [-0.25, -0.2) is 0 Å². The van der Waals surface area contributed by atoms with Crippen LogP contribution in [0.5, 0.6) is 0 Å². The van der Waals surface area contributed by atoms with Crippen LogP contribution in [0.1, 0.15) is 53.1 Å². The zero-order valence-electron chi connectivity index (χ0n) is 16.2. The molecule has 6 heteroatoms. The van der Waals surface area contributed by atoms with E-state index >= 15 is 0 Å². The number of hydrogen-bond donors (Lipinski definition) is 1. The number of amides is 2. The third-order valence-electron chi connectivity index (χ3n) is 4.66. The van der Waals surface area contributed by atoms with Gasteiger partial charge in [-0.05, 0) is 30.9 Å². The molecule has 2 aromatic rings. The fraction of sp³-hybridized carbons (Fsp3) is 0.381. The number of carbonyl (C=O) groups excluding carboxylic acids is 2. The summed E-state index contributed by atoms with van der Waals surface area (Å²) in [6.07, 6.45) is 1.47. The summed E-state index contributed by atoms with van der Waals surface area (Å²) < 4.78 is 0. The average molecular weight is 384 g/mol. The van der Waals surface area contributed by atoms with Crippen molar-refractivity contribution in [3.63, 3.8) is 0 Å². The Labute approximate surface area is 164 Å². The molecule has 1 heterocycles. The zero-order valence-corrected chi connectivity index (χ0v) is 17.0. The van der Waals surface area contributed by atoms with Crippen LogP contribution in [-0.4, -0.2) is 23.8 Å². The second-order valence-corrected chi connectivity index (χ2v) is 7.54. The van der Waals surface area contributed by atoms with Gasteiger partial charge in [-0.15, -0.1) is 11.3 Å². The Morgan fingerprint density at radius 2 is 1.85 bits per heavy atom. The van der Waals surface area contributed by atoms with E-state index in [1.165, 1.54) is 11.3 Å². The predicted octanol–water partition coefficient (Wildman–Crippen LogP) is 4.58. The molecular weight excluding hydrogens is 358 g/mol. The minimum Gasteiger partial charge on any atom is -0.337 e. The average Bonchev–Trinajstić information content (AvgIpc) is 2.97. The van der Waals surface area contributed by atoms with E-state index in [2.05, 4.69) is 11.4 Å². The lowest BCUT2D eigenvalue weighted by molar-refractivity contribution is -0.120. The van der Waals surface area contributed by atoms with E-state index in [1.807, 2.05) is 44.2 Å². The number of nitrogens with one attached hydrogen (secondary N) is 1. The molecule has 2 rings (SSSR count). The van der Waals surface area contributed by atoms with Crippen molar-refractivity contribution in [1.29, 1.82) is 5.26 Å². The summed E-state index contributed by atoms with van der Waals surface area (Å²) in [4.78, 5) is 27.4. The Morgan fingerprint density at radius 3 is 2.41 bits per heavy atom. The lowest BCUT2D eigenvalue weighted by Gasteiger charge is -2.16. The van der Waals surface area contributed by atoms with Gasteiger partial charge in [0.05, 0.1) is 10.4 Å². The highest BCUT2D eigenvalue weighted by Gasteiger charge is 2.25. The number of benzene rings is 1. The first-order valence-electron chi connectivity index (χ1n) is 9.06. The molecule has 1 aromatic heterocycles. The van der Waals surface area contributed by atoms with Gasteiger partial charge in [0.1, 0.15) is 11.1 Å². The van der Waals surface area contributed by atoms with Crippen LogP contribution < -0.4 is 5.32 Å². The highest BCUT2D eigenvalue weighted by atomic mass is 32.1. The Hall–Kier alpha value is -2.65. The molecule has 27 heavy (non-hydrogen) atoms. The van der Waals surface area contributed by atoms with Gasteiger partial charge >= 0.3 is 0 Å². The Bertz CT molecular complexity index is 848. The van der Waals surface area contributed by atoms with Crippen LogP contribution >= 0.6 is 11.3 Å². The Kier molecular flexibility index (Phi) is 7.14. The largest absolute Gasteiger partial charge is 0.337 e. The van der Waals surface area contributed by atoms with Crippen LogP contribution in [0.15, 0.2) is 30.3 Å². The second-order valence-electron chi connectivity index (χ2n) is 6.52. The SMILES string of the molecule is CCC(CC)C(=O)Nc1sc(C(=O)N(C)Cc2ccccc2)c(C)c1C#N. The van der Waals surface area contributed by atoms with E-state index in [9.17, 15) is 14.9 Å². The Balaban J connectivity index is 2.24. The fourth-order valence-corrected chi connectivity index (χ4v) is 4.07. The molecule has 0 saturated carbocycles. The number of nitriles is 1. The van der Waals surface area contributed by atoms with Crippen LogP contribution in [-0.2, 0) is 11.3 Å². The van der Waals surface area contributed by atoms with Crippen molar-refractivity contribution in [2.24, 2.45) is 5.92 Å². The lowest BCUT2D eigenvalue weighted by atomic mass is 10.0. The molecule has 0 saturated heterocycles. The summed E-state index contributed by atoms with van der Waals surface area (Å²) in [5, 5.41) is 12.8. The van der Waals surface area contributed by atoms with Gasteiger partial charge in [-0.3, -0.25) is 9.59 Å². The molecule has 1 N–H and O–H groups in total. The number of nitrogens with zero attached hydrogens (tertiary/aromatic N) is 2. The zero-order chi connectivity index (χ0) is 20.0. The number of hydrogen-bond acceptors (Lipinski definition) is 4. The summed E-state index contributed by atoms with van der Waals surface area (Å²) in [5.41, 5.74) is 2.02. The van der Waals surface area contributed by atoms with Crippen LogP contribution in [0.2, 0.25) is 0 Å². The first-order valence-corrected chi connectivity index (χ1v) is 9.88. The molecule has 2 amide bonds. The van der Waals surface area contributed by atoms with Gasteiger partial charge in [0, 0.05) is 19.5 Å². The standard InChI is InChI=1S/C21H25N3O2S/c1-5-16(6-2)19(25)23-20-17(12-22)14(3)18(27-20)21(26)24(4)13-15-10-8-7-9-11-15/h7-11,16H,5-6,13H2,1-4H3,(H,23,25). The summed E-state index contributed by atoms with van der Waals surface area (Å²) in [6, 6.07) is 11.9. The van der Waals surface area contributed by atoms with Crippen molar-refractivity contribution in [1.82, 2.24) is 4.90 Å². The van der Waals surface area contributed by atoms with Gasteiger partial charge in [0.25, 0.3) is 5.91 Å². The van der Waals surface area contributed by atoms with Crippen molar-refractivity contribution in [3.05, 3.63) is 51.9 Å². The summed E-state index contributed by atoms with van der Waals surface area (Å²) in [5.74, 6) is -0.353. The molecule has 0 atom stereocenters. The van der Waals surface area contributed by atoms with E-state index < -0.39 is 0 Å². The molecule has 0 aliphatic heterocycles. The molecule has 0 aliphatic rings. The van der Waals surface area contributed by atoms with E-state index in [4.69, 9.17) is 0 Å². The number of thiophene rings is 1.